The fraction of sp³-hybridized carbons (Fsp3) is 0.105. The first-order chi connectivity index (χ1) is 13.6. The first kappa shape index (κ1) is 17.4. The topological polar surface area (TPSA) is 114 Å². The van der Waals surface area contributed by atoms with E-state index >= 15 is 0 Å². The molecule has 9 heteroatoms. The second-order valence-corrected chi connectivity index (χ2v) is 6.02. The van der Waals surface area contributed by atoms with E-state index in [-0.39, 0.29) is 23.9 Å². The number of carbonyl (C=O) groups excluding carboxylic acids is 2. The van der Waals surface area contributed by atoms with E-state index in [1.807, 2.05) is 12.1 Å². The van der Waals surface area contributed by atoms with Gasteiger partial charge in [-0.05, 0) is 31.2 Å². The van der Waals surface area contributed by atoms with Gasteiger partial charge in [-0.2, -0.15) is 0 Å². The number of amides is 2. The molecule has 140 valence electrons. The van der Waals surface area contributed by atoms with Crippen molar-refractivity contribution in [3.05, 3.63) is 77.8 Å². The minimum absolute atomic E-state index is 0.0687. The molecule has 28 heavy (non-hydrogen) atoms. The van der Waals surface area contributed by atoms with Crippen LogP contribution in [0.15, 0.2) is 59.4 Å². The lowest BCUT2D eigenvalue weighted by Crippen LogP contribution is -2.24. The Kier molecular flexibility index (Phi) is 4.55. The summed E-state index contributed by atoms with van der Waals surface area (Å²) in [6.07, 6.45) is 3.32. The van der Waals surface area contributed by atoms with E-state index in [0.717, 1.165) is 5.69 Å². The minimum Gasteiger partial charge on any atom is -0.360 e. The van der Waals surface area contributed by atoms with Crippen LogP contribution in [0.1, 0.15) is 32.6 Å². The summed E-state index contributed by atoms with van der Waals surface area (Å²) in [4.78, 5) is 33.7. The number of carbonyl (C=O) groups is 2. The van der Waals surface area contributed by atoms with Crippen LogP contribution in [0.25, 0.3) is 5.52 Å². The van der Waals surface area contributed by atoms with Crippen molar-refractivity contribution in [2.45, 2.75) is 13.5 Å². The second kappa shape index (κ2) is 7.31. The van der Waals surface area contributed by atoms with Gasteiger partial charge in [0.2, 0.25) is 5.82 Å². The molecule has 4 rings (SSSR count). The summed E-state index contributed by atoms with van der Waals surface area (Å²) in [5, 5.41) is 9.12. The van der Waals surface area contributed by atoms with Crippen LogP contribution in [0.5, 0.6) is 0 Å². The SMILES string of the molecule is Cc1cc(NC(=O)c2nc(C(=O)NCc3ccccn3)c3ccccn23)no1. The highest BCUT2D eigenvalue weighted by atomic mass is 16.5. The lowest BCUT2D eigenvalue weighted by atomic mass is 10.3. The fourth-order valence-corrected chi connectivity index (χ4v) is 2.72. The standard InChI is InChI=1S/C19H16N6O3/c1-12-10-15(24-28-12)22-19(27)17-23-16(14-7-3-5-9-25(14)17)18(26)21-11-13-6-2-4-8-20-13/h2-10H,11H2,1H3,(H,21,26)(H,22,24,27). The molecule has 0 aromatic carbocycles. The molecule has 0 saturated heterocycles. The Hall–Kier alpha value is -4.01. The van der Waals surface area contributed by atoms with E-state index < -0.39 is 11.8 Å². The summed E-state index contributed by atoms with van der Waals surface area (Å²) in [6, 6.07) is 12.3. The van der Waals surface area contributed by atoms with E-state index in [9.17, 15) is 9.59 Å². The van der Waals surface area contributed by atoms with Gasteiger partial charge in [-0.25, -0.2) is 4.98 Å². The van der Waals surface area contributed by atoms with Crippen LogP contribution in [0, 0.1) is 6.92 Å². The summed E-state index contributed by atoms with van der Waals surface area (Å²) in [7, 11) is 0. The maximum absolute atomic E-state index is 12.7. The second-order valence-electron chi connectivity index (χ2n) is 6.02. The molecule has 4 aromatic heterocycles. The predicted octanol–water partition coefficient (Wildman–Crippen LogP) is 2.21. The molecule has 0 aliphatic heterocycles. The molecule has 0 radical (unpaired) electrons. The molecule has 0 saturated carbocycles. The third-order valence-electron chi connectivity index (χ3n) is 3.99. The summed E-state index contributed by atoms with van der Waals surface area (Å²) >= 11 is 0. The molecule has 9 nitrogen and oxygen atoms in total. The van der Waals surface area contributed by atoms with Crippen molar-refractivity contribution in [1.29, 1.82) is 0 Å². The number of hydrogen-bond donors (Lipinski definition) is 2. The summed E-state index contributed by atoms with van der Waals surface area (Å²) in [5.74, 6) is 0.0115. The molecule has 0 bridgehead atoms. The number of aryl methyl sites for hydroxylation is 1. The van der Waals surface area contributed by atoms with Crippen molar-refractivity contribution in [1.82, 2.24) is 24.8 Å². The van der Waals surface area contributed by atoms with Crippen molar-refractivity contribution in [2.75, 3.05) is 5.32 Å². The zero-order valence-electron chi connectivity index (χ0n) is 14.9. The summed E-state index contributed by atoms with van der Waals surface area (Å²) in [5.41, 5.74) is 1.39. The Morgan fingerprint density at radius 3 is 2.75 bits per heavy atom. The van der Waals surface area contributed by atoms with Crippen LogP contribution in [-0.4, -0.2) is 31.3 Å². The molecule has 2 N–H and O–H groups in total. The van der Waals surface area contributed by atoms with Gasteiger partial charge in [-0.15, -0.1) is 0 Å². The number of aromatic nitrogens is 4. The van der Waals surface area contributed by atoms with Crippen molar-refractivity contribution in [3.63, 3.8) is 0 Å². The van der Waals surface area contributed by atoms with Gasteiger partial charge in [-0.3, -0.25) is 19.0 Å². The molecule has 4 aromatic rings. The van der Waals surface area contributed by atoms with Gasteiger partial charge in [0.15, 0.2) is 11.5 Å². The van der Waals surface area contributed by atoms with Gasteiger partial charge in [0.1, 0.15) is 5.76 Å². The molecule has 0 aliphatic carbocycles. The lowest BCUT2D eigenvalue weighted by Gasteiger charge is -2.03. The van der Waals surface area contributed by atoms with Gasteiger partial charge in [0.05, 0.1) is 17.8 Å². The Labute approximate surface area is 159 Å². The quantitative estimate of drug-likeness (QED) is 0.552. The first-order valence-corrected chi connectivity index (χ1v) is 8.51. The van der Waals surface area contributed by atoms with Gasteiger partial charge >= 0.3 is 0 Å². The Morgan fingerprint density at radius 2 is 2.00 bits per heavy atom. The number of fused-ring (bicyclic) bond motifs is 1. The fourth-order valence-electron chi connectivity index (χ4n) is 2.72. The highest BCUT2D eigenvalue weighted by Gasteiger charge is 2.22. The number of nitrogens with zero attached hydrogens (tertiary/aromatic N) is 4. The average molecular weight is 376 g/mol. The lowest BCUT2D eigenvalue weighted by molar-refractivity contribution is 0.0947. The highest BCUT2D eigenvalue weighted by Crippen LogP contribution is 2.15. The smallest absolute Gasteiger partial charge is 0.293 e. The van der Waals surface area contributed by atoms with Gasteiger partial charge in [0, 0.05) is 18.5 Å². The highest BCUT2D eigenvalue weighted by molar-refractivity contribution is 6.05. The van der Waals surface area contributed by atoms with E-state index in [1.54, 1.807) is 54.0 Å². The Balaban J connectivity index is 1.60. The summed E-state index contributed by atoms with van der Waals surface area (Å²) in [6.45, 7) is 1.98. The van der Waals surface area contributed by atoms with Crippen molar-refractivity contribution >= 4 is 23.1 Å². The van der Waals surface area contributed by atoms with Crippen LogP contribution < -0.4 is 10.6 Å². The normalized spacial score (nSPS) is 10.8. The van der Waals surface area contributed by atoms with E-state index in [2.05, 4.69) is 25.8 Å². The van der Waals surface area contributed by atoms with Crippen LogP contribution >= 0.6 is 0 Å². The van der Waals surface area contributed by atoms with Crippen LogP contribution in [0.4, 0.5) is 5.82 Å². The van der Waals surface area contributed by atoms with Crippen LogP contribution in [0.2, 0.25) is 0 Å². The number of pyridine rings is 2. The molecular formula is C19H16N6O3. The third-order valence-corrected chi connectivity index (χ3v) is 3.99. The number of hydrogen-bond acceptors (Lipinski definition) is 6. The predicted molar refractivity (Wildman–Crippen MR) is 99.8 cm³/mol. The van der Waals surface area contributed by atoms with Crippen molar-refractivity contribution in [3.8, 4) is 0 Å². The van der Waals surface area contributed by atoms with Crippen molar-refractivity contribution in [2.24, 2.45) is 0 Å². The summed E-state index contributed by atoms with van der Waals surface area (Å²) < 4.78 is 6.50. The van der Waals surface area contributed by atoms with E-state index in [1.165, 1.54) is 0 Å². The van der Waals surface area contributed by atoms with Crippen LogP contribution in [-0.2, 0) is 6.54 Å². The largest absolute Gasteiger partial charge is 0.360 e. The number of rotatable bonds is 5. The van der Waals surface area contributed by atoms with E-state index in [0.29, 0.717) is 11.3 Å². The molecule has 4 heterocycles. The molecule has 2 amide bonds. The molecule has 0 unspecified atom stereocenters. The van der Waals surface area contributed by atoms with Crippen LogP contribution in [0.3, 0.4) is 0 Å². The average Bonchev–Trinajstić information content (AvgIpc) is 3.30. The van der Waals surface area contributed by atoms with Crippen molar-refractivity contribution < 1.29 is 14.1 Å². The number of nitrogens with one attached hydrogen (secondary N) is 2. The Morgan fingerprint density at radius 1 is 1.14 bits per heavy atom. The number of imidazole rings is 1. The molecular weight excluding hydrogens is 360 g/mol. The monoisotopic (exact) mass is 376 g/mol. The maximum atomic E-state index is 12.7. The molecule has 0 atom stereocenters. The van der Waals surface area contributed by atoms with Gasteiger partial charge in [0.25, 0.3) is 11.8 Å². The van der Waals surface area contributed by atoms with E-state index in [4.69, 9.17) is 4.52 Å². The Bertz CT molecular complexity index is 1150. The molecule has 0 spiro atoms. The maximum Gasteiger partial charge on any atom is 0.293 e. The zero-order chi connectivity index (χ0) is 19.5. The van der Waals surface area contributed by atoms with Gasteiger partial charge in [-0.1, -0.05) is 17.3 Å². The first-order valence-electron chi connectivity index (χ1n) is 8.51. The minimum atomic E-state index is -0.502. The zero-order valence-corrected chi connectivity index (χ0v) is 14.9. The van der Waals surface area contributed by atoms with Gasteiger partial charge < -0.3 is 15.2 Å². The third kappa shape index (κ3) is 3.45. The molecule has 0 fully saturated rings. The number of anilines is 1. The molecule has 0 aliphatic rings.